The highest BCUT2D eigenvalue weighted by atomic mass is 32.2. The summed E-state index contributed by atoms with van der Waals surface area (Å²) in [5.74, 6) is 0.963. The fourth-order valence-corrected chi connectivity index (χ4v) is 6.17. The highest BCUT2D eigenvalue weighted by Crippen LogP contribution is 2.52. The van der Waals surface area contributed by atoms with Crippen molar-refractivity contribution in [2.75, 3.05) is 25.2 Å². The van der Waals surface area contributed by atoms with Crippen LogP contribution in [-0.2, 0) is 14.6 Å². The Balaban J connectivity index is 1.61. The van der Waals surface area contributed by atoms with Gasteiger partial charge in [-0.1, -0.05) is 20.3 Å². The molecular formula is C15H27NO3S. The van der Waals surface area contributed by atoms with Gasteiger partial charge in [0.1, 0.15) is 9.84 Å². The van der Waals surface area contributed by atoms with Crippen molar-refractivity contribution in [3.63, 3.8) is 0 Å². The van der Waals surface area contributed by atoms with Gasteiger partial charge in [0.15, 0.2) is 0 Å². The van der Waals surface area contributed by atoms with Crippen molar-refractivity contribution in [1.29, 1.82) is 0 Å². The molecule has 20 heavy (non-hydrogen) atoms. The van der Waals surface area contributed by atoms with Crippen LogP contribution in [0.25, 0.3) is 0 Å². The molecule has 5 heteroatoms. The summed E-state index contributed by atoms with van der Waals surface area (Å²) in [7, 11) is -2.89. The van der Waals surface area contributed by atoms with Gasteiger partial charge in [-0.15, -0.1) is 0 Å². The molecule has 0 spiro atoms. The van der Waals surface area contributed by atoms with Crippen LogP contribution in [0, 0.1) is 16.7 Å². The number of rotatable bonds is 5. The normalized spacial score (nSPS) is 37.9. The van der Waals surface area contributed by atoms with Gasteiger partial charge in [-0.05, 0) is 24.7 Å². The predicted octanol–water partition coefficient (Wildman–Crippen LogP) is 1.60. The maximum Gasteiger partial charge on any atom is 0.148 e. The Kier molecular flexibility index (Phi) is 3.46. The fourth-order valence-electron chi connectivity index (χ4n) is 4.67. The minimum absolute atomic E-state index is 0.00574. The van der Waals surface area contributed by atoms with Crippen molar-refractivity contribution in [3.05, 3.63) is 0 Å². The molecule has 116 valence electrons. The monoisotopic (exact) mass is 301 g/mol. The number of sulfone groups is 1. The highest BCUT2D eigenvalue weighted by Gasteiger charge is 2.59. The lowest BCUT2D eigenvalue weighted by molar-refractivity contribution is -0.115. The van der Waals surface area contributed by atoms with E-state index in [1.54, 1.807) is 0 Å². The first-order chi connectivity index (χ1) is 9.24. The summed E-state index contributed by atoms with van der Waals surface area (Å²) in [5.41, 5.74) is 0.172. The van der Waals surface area contributed by atoms with E-state index in [0.29, 0.717) is 23.8 Å². The summed E-state index contributed by atoms with van der Waals surface area (Å²) in [4.78, 5) is 0. The van der Waals surface area contributed by atoms with Crippen molar-refractivity contribution in [2.45, 2.75) is 51.7 Å². The molecule has 4 nitrogen and oxygen atoms in total. The fraction of sp³-hybridized carbons (Fsp3) is 1.00. The molecule has 0 aromatic carbocycles. The lowest BCUT2D eigenvalue weighted by atomic mass is 9.57. The maximum atomic E-state index is 11.6. The first-order valence-corrected chi connectivity index (χ1v) is 9.82. The number of hydrogen-bond donors (Lipinski definition) is 1. The molecule has 1 N–H and O–H groups in total. The van der Waals surface area contributed by atoms with Crippen LogP contribution < -0.4 is 5.32 Å². The molecule has 2 aliphatic carbocycles. The van der Waals surface area contributed by atoms with E-state index in [4.69, 9.17) is 4.74 Å². The van der Waals surface area contributed by atoms with Gasteiger partial charge in [-0.25, -0.2) is 8.42 Å². The zero-order valence-electron chi connectivity index (χ0n) is 12.8. The average Bonchev–Trinajstić information content (AvgIpc) is 2.70. The second-order valence-corrected chi connectivity index (χ2v) is 9.99. The largest absolute Gasteiger partial charge is 0.377 e. The molecule has 3 atom stereocenters. The molecule has 1 aliphatic heterocycles. The van der Waals surface area contributed by atoms with Crippen LogP contribution in [0.2, 0.25) is 0 Å². The minimum Gasteiger partial charge on any atom is -0.377 e. The molecule has 0 radical (unpaired) electrons. The van der Waals surface area contributed by atoms with E-state index in [-0.39, 0.29) is 10.8 Å². The topological polar surface area (TPSA) is 55.4 Å². The van der Waals surface area contributed by atoms with E-state index in [9.17, 15) is 8.42 Å². The molecule has 0 aromatic rings. The van der Waals surface area contributed by atoms with Gasteiger partial charge in [0.25, 0.3) is 0 Å². The summed E-state index contributed by atoms with van der Waals surface area (Å²) in [5, 5.41) is 3.70. The standard InChI is InChI=1S/C15H27NO3S/c1-14(2)12(11-5-8-19-13(11)14)16-9-15(6-4-7-15)10-20(3,17)18/h11-13,16H,4-10H2,1-3H3/t11-,12?,13-/m0/s1. The third-order valence-electron chi connectivity index (χ3n) is 5.78. The second-order valence-electron chi connectivity index (χ2n) is 7.85. The summed E-state index contributed by atoms with van der Waals surface area (Å²) in [6.07, 6.45) is 6.16. The predicted molar refractivity (Wildman–Crippen MR) is 79.4 cm³/mol. The highest BCUT2D eigenvalue weighted by molar-refractivity contribution is 7.90. The smallest absolute Gasteiger partial charge is 0.148 e. The van der Waals surface area contributed by atoms with E-state index < -0.39 is 9.84 Å². The SMILES string of the molecule is CC1(C)C(NCC2(CS(C)(=O)=O)CCC2)[C@@H]2CCO[C@@H]21. The van der Waals surface area contributed by atoms with Crippen molar-refractivity contribution >= 4 is 9.84 Å². The molecule has 0 aromatic heterocycles. The third-order valence-corrected chi connectivity index (χ3v) is 6.92. The van der Waals surface area contributed by atoms with E-state index in [0.717, 1.165) is 32.4 Å². The Bertz CT molecular complexity index is 481. The zero-order chi connectivity index (χ0) is 14.6. The first kappa shape index (κ1) is 14.8. The van der Waals surface area contributed by atoms with Gasteiger partial charge in [-0.2, -0.15) is 0 Å². The van der Waals surface area contributed by atoms with Crippen molar-refractivity contribution < 1.29 is 13.2 Å². The molecule has 0 bridgehead atoms. The summed E-state index contributed by atoms with van der Waals surface area (Å²) in [6.45, 7) is 6.26. The number of nitrogens with one attached hydrogen (secondary N) is 1. The van der Waals surface area contributed by atoms with Crippen LogP contribution in [0.5, 0.6) is 0 Å². The van der Waals surface area contributed by atoms with Crippen molar-refractivity contribution in [3.8, 4) is 0 Å². The van der Waals surface area contributed by atoms with Gasteiger partial charge < -0.3 is 10.1 Å². The van der Waals surface area contributed by atoms with Crippen molar-refractivity contribution in [2.24, 2.45) is 16.7 Å². The van der Waals surface area contributed by atoms with Crippen LogP contribution in [0.1, 0.15) is 39.5 Å². The van der Waals surface area contributed by atoms with Crippen LogP contribution >= 0.6 is 0 Å². The van der Waals surface area contributed by atoms with Gasteiger partial charge in [0, 0.05) is 36.8 Å². The zero-order valence-corrected chi connectivity index (χ0v) is 13.6. The van der Waals surface area contributed by atoms with E-state index in [2.05, 4.69) is 19.2 Å². The van der Waals surface area contributed by atoms with Crippen LogP contribution in [0.4, 0.5) is 0 Å². The van der Waals surface area contributed by atoms with Crippen LogP contribution in [0.3, 0.4) is 0 Å². The number of hydrogen-bond acceptors (Lipinski definition) is 4. The third kappa shape index (κ3) is 2.42. The minimum atomic E-state index is -2.89. The van der Waals surface area contributed by atoms with Gasteiger partial charge in [0.05, 0.1) is 11.9 Å². The Morgan fingerprint density at radius 3 is 2.55 bits per heavy atom. The Morgan fingerprint density at radius 1 is 1.30 bits per heavy atom. The summed E-state index contributed by atoms with van der Waals surface area (Å²) >= 11 is 0. The molecule has 3 rings (SSSR count). The van der Waals surface area contributed by atoms with E-state index in [1.807, 2.05) is 0 Å². The Labute approximate surface area is 122 Å². The van der Waals surface area contributed by atoms with E-state index in [1.165, 1.54) is 12.7 Å². The van der Waals surface area contributed by atoms with Crippen molar-refractivity contribution in [1.82, 2.24) is 5.32 Å². The molecular weight excluding hydrogens is 274 g/mol. The molecule has 3 fully saturated rings. The number of fused-ring (bicyclic) bond motifs is 1. The van der Waals surface area contributed by atoms with Crippen LogP contribution in [0.15, 0.2) is 0 Å². The lowest BCUT2D eigenvalue weighted by Crippen LogP contribution is -2.67. The molecule has 0 amide bonds. The average molecular weight is 301 g/mol. The van der Waals surface area contributed by atoms with Gasteiger partial charge >= 0.3 is 0 Å². The lowest BCUT2D eigenvalue weighted by Gasteiger charge is -2.56. The Hall–Kier alpha value is -0.130. The molecule has 1 heterocycles. The van der Waals surface area contributed by atoms with Crippen LogP contribution in [-0.4, -0.2) is 45.7 Å². The maximum absolute atomic E-state index is 11.6. The summed E-state index contributed by atoms with van der Waals surface area (Å²) in [6, 6.07) is 0.479. The molecule has 2 saturated carbocycles. The number of ether oxygens (including phenoxy) is 1. The first-order valence-electron chi connectivity index (χ1n) is 7.76. The Morgan fingerprint density at radius 2 is 2.00 bits per heavy atom. The second kappa shape index (κ2) is 4.68. The molecule has 1 saturated heterocycles. The quantitative estimate of drug-likeness (QED) is 0.838. The molecule has 3 aliphatic rings. The van der Waals surface area contributed by atoms with Gasteiger partial charge in [-0.3, -0.25) is 0 Å². The summed E-state index contributed by atoms with van der Waals surface area (Å²) < 4.78 is 29.1. The molecule has 1 unspecified atom stereocenters. The van der Waals surface area contributed by atoms with Gasteiger partial charge in [0.2, 0.25) is 0 Å². The van der Waals surface area contributed by atoms with E-state index >= 15 is 0 Å².